The van der Waals surface area contributed by atoms with Crippen molar-refractivity contribution in [2.75, 3.05) is 0 Å². The monoisotopic (exact) mass is 886 g/mol. The summed E-state index contributed by atoms with van der Waals surface area (Å²) in [4.78, 5) is 10.4. The van der Waals surface area contributed by atoms with E-state index in [1.807, 2.05) is 66.7 Å². The van der Waals surface area contributed by atoms with Crippen LogP contribution in [0.2, 0.25) is 0 Å². The van der Waals surface area contributed by atoms with E-state index in [-0.39, 0.29) is 17.9 Å². The molecule has 2 aliphatic carbocycles. The predicted octanol–water partition coefficient (Wildman–Crippen LogP) is 14.5. The van der Waals surface area contributed by atoms with Crippen LogP contribution in [0.3, 0.4) is 0 Å². The number of fused-ring (bicyclic) bond motifs is 2. The Labute approximate surface area is 389 Å². The molecule has 1 aromatic rings. The third kappa shape index (κ3) is 32.5. The highest BCUT2D eigenvalue weighted by molar-refractivity contribution is 5.80. The van der Waals surface area contributed by atoms with E-state index in [4.69, 9.17) is 5.11 Å². The number of nitrogens with zero attached hydrogens (tertiary/aromatic N) is 3. The second-order valence-electron chi connectivity index (χ2n) is 17.0. The van der Waals surface area contributed by atoms with Crippen LogP contribution in [-0.4, -0.2) is 59.7 Å². The van der Waals surface area contributed by atoms with Gasteiger partial charge in [0.05, 0.1) is 29.7 Å². The molecule has 8 nitrogen and oxygen atoms in total. The van der Waals surface area contributed by atoms with E-state index in [1.165, 1.54) is 81.7 Å². The molecule has 1 aromatic heterocycles. The number of unbranched alkanes of at least 4 members (excludes halogenated alkanes) is 2. The number of aromatic nitrogens is 3. The largest absolute Gasteiger partial charge is 0.478 e. The van der Waals surface area contributed by atoms with Crippen molar-refractivity contribution >= 4 is 5.97 Å². The molecule has 0 aromatic carbocycles. The van der Waals surface area contributed by atoms with Gasteiger partial charge < -0.3 is 20.4 Å². The Hall–Kier alpha value is -2.81. The Morgan fingerprint density at radius 1 is 0.762 bits per heavy atom. The molecule has 0 radical (unpaired) electrons. The van der Waals surface area contributed by atoms with Crippen LogP contribution in [0.5, 0.6) is 0 Å². The van der Waals surface area contributed by atoms with Crippen LogP contribution in [0.1, 0.15) is 211 Å². The molecule has 63 heavy (non-hydrogen) atoms. The summed E-state index contributed by atoms with van der Waals surface area (Å²) in [5, 5.41) is 48.2. The molecule has 0 amide bonds. The van der Waals surface area contributed by atoms with Crippen molar-refractivity contribution in [1.82, 2.24) is 15.0 Å². The third-order valence-corrected chi connectivity index (χ3v) is 11.7. The summed E-state index contributed by atoms with van der Waals surface area (Å²) < 4.78 is 2.20. The van der Waals surface area contributed by atoms with E-state index in [1.54, 1.807) is 18.2 Å². The van der Waals surface area contributed by atoms with Gasteiger partial charge in [-0.2, -0.15) is 0 Å². The maximum absolute atomic E-state index is 10.5. The zero-order valence-corrected chi connectivity index (χ0v) is 43.3. The first kappa shape index (κ1) is 64.5. The van der Waals surface area contributed by atoms with Crippen molar-refractivity contribution < 1.29 is 25.2 Å². The molecule has 9 atom stereocenters. The smallest absolute Gasteiger partial charge is 0.328 e. The summed E-state index contributed by atoms with van der Waals surface area (Å²) in [6.07, 6.45) is 34.8. The molecule has 1 saturated carbocycles. The molecule has 368 valence electrons. The lowest BCUT2D eigenvalue weighted by molar-refractivity contribution is -0.131. The van der Waals surface area contributed by atoms with Gasteiger partial charge in [0.1, 0.15) is 0 Å². The van der Waals surface area contributed by atoms with Crippen molar-refractivity contribution in [3.8, 4) is 0 Å². The van der Waals surface area contributed by atoms with E-state index in [9.17, 15) is 20.1 Å². The molecule has 0 bridgehead atoms. The number of carboxylic acid groups (broad SMARTS) is 1. The Bertz CT molecular complexity index is 1300. The van der Waals surface area contributed by atoms with Gasteiger partial charge in [-0.3, -0.25) is 0 Å². The van der Waals surface area contributed by atoms with E-state index < -0.39 is 18.2 Å². The fraction of sp³-hybridized carbons (Fsp3) is 0.764. The highest BCUT2D eigenvalue weighted by atomic mass is 16.4. The number of rotatable bonds is 26. The number of carbonyl (C=O) groups is 1. The molecule has 1 fully saturated rings. The van der Waals surface area contributed by atoms with Crippen molar-refractivity contribution in [3.05, 3.63) is 72.7 Å². The Morgan fingerprint density at radius 3 is 1.94 bits per heavy atom. The number of hydrogen-bond donors (Lipinski definition) is 4. The lowest BCUT2D eigenvalue weighted by Gasteiger charge is -2.21. The minimum Gasteiger partial charge on any atom is -0.478 e. The lowest BCUT2D eigenvalue weighted by Crippen LogP contribution is -2.19. The van der Waals surface area contributed by atoms with Crippen LogP contribution in [0, 0.1) is 35.5 Å². The highest BCUT2D eigenvalue weighted by Crippen LogP contribution is 2.55. The normalized spacial score (nSPS) is 19.3. The highest BCUT2D eigenvalue weighted by Gasteiger charge is 2.48. The van der Waals surface area contributed by atoms with Crippen LogP contribution in [0.25, 0.3) is 0 Å². The number of allylic oxidation sites excluding steroid dienone is 6. The van der Waals surface area contributed by atoms with Crippen molar-refractivity contribution in [2.24, 2.45) is 35.5 Å². The van der Waals surface area contributed by atoms with E-state index in [0.29, 0.717) is 18.8 Å². The zero-order valence-electron chi connectivity index (χ0n) is 43.3. The molecular formula is C55H103N3O5. The van der Waals surface area contributed by atoms with E-state index >= 15 is 0 Å². The average Bonchev–Trinajstić information content (AvgIpc) is 3.80. The average molecular weight is 886 g/mol. The van der Waals surface area contributed by atoms with Crippen molar-refractivity contribution in [3.63, 3.8) is 0 Å². The molecule has 4 N–H and O–H groups in total. The van der Waals surface area contributed by atoms with Gasteiger partial charge in [-0.05, 0) is 132 Å². The van der Waals surface area contributed by atoms with Gasteiger partial charge in [-0.1, -0.05) is 176 Å². The van der Waals surface area contributed by atoms with Gasteiger partial charge in [0.15, 0.2) is 0 Å². The molecule has 0 saturated heterocycles. The van der Waals surface area contributed by atoms with Gasteiger partial charge in [0.25, 0.3) is 0 Å². The van der Waals surface area contributed by atoms with E-state index in [2.05, 4.69) is 69.2 Å². The second kappa shape index (κ2) is 44.4. The van der Waals surface area contributed by atoms with Gasteiger partial charge in [-0.25, -0.2) is 9.48 Å². The molecule has 2 aliphatic rings. The first-order chi connectivity index (χ1) is 30.4. The Balaban J connectivity index is -0.00000104. The third-order valence-electron chi connectivity index (χ3n) is 11.7. The van der Waals surface area contributed by atoms with Crippen LogP contribution in [-0.2, 0) is 24.2 Å². The van der Waals surface area contributed by atoms with Crippen molar-refractivity contribution in [1.29, 1.82) is 0 Å². The minimum atomic E-state index is -0.992. The van der Waals surface area contributed by atoms with Crippen LogP contribution in [0.4, 0.5) is 0 Å². The number of aliphatic carboxylic acids is 1. The van der Waals surface area contributed by atoms with Crippen LogP contribution in [0.15, 0.2) is 61.3 Å². The van der Waals surface area contributed by atoms with Crippen molar-refractivity contribution in [2.45, 2.75) is 237 Å². The number of aryl methyl sites for hydroxylation is 2. The quantitative estimate of drug-likeness (QED) is 0.0414. The maximum atomic E-state index is 10.5. The maximum Gasteiger partial charge on any atom is 0.328 e. The minimum absolute atomic E-state index is 0.0552. The number of hydrogen-bond acceptors (Lipinski definition) is 6. The summed E-state index contributed by atoms with van der Waals surface area (Å²) in [6.45, 7) is 31.8. The summed E-state index contributed by atoms with van der Waals surface area (Å²) >= 11 is 0. The number of aliphatic hydroxyl groups excluding tert-OH is 3. The number of carboxylic acids is 1. The first-order valence-electron chi connectivity index (χ1n) is 25.9. The predicted molar refractivity (Wildman–Crippen MR) is 273 cm³/mol. The standard InChI is InChI=1S/C29H48O5.C17H29N3.C3H8.3C2H6/c1-5-6-7-9-14-24(3)27(31)21-19-23(2)20-22-28(32)25(4)15-12-13-17-26(30)16-10-8-11-18-29(33)34;1-3-5-7-13-14-8-10-16-17(11-9-15(13)14)20(19-18-16)12-6-4-2;1-3-2;3*1-2/h5-8,10-12,15,18,23-28,30-32H,1,9,13-14,16-17,19-22H2,2-4H3,(H,33,34);13-15H,3-12H2,1-2H3;3H2,1-2H3;3*1-2H3/b7-6-,10-8+,15-12-,18-11-;;;;;/t23?,24?,25?,26?,27?,28-;;;;;/m1...../s1. The van der Waals surface area contributed by atoms with Crippen LogP contribution < -0.4 is 0 Å². The topological polar surface area (TPSA) is 129 Å². The molecule has 8 unspecified atom stereocenters. The van der Waals surface area contributed by atoms with Gasteiger partial charge in [0, 0.05) is 12.6 Å². The van der Waals surface area contributed by atoms with Gasteiger partial charge >= 0.3 is 5.97 Å². The second-order valence-corrected chi connectivity index (χ2v) is 17.0. The molecule has 8 heteroatoms. The summed E-state index contributed by atoms with van der Waals surface area (Å²) in [6, 6.07) is 0. The molecule has 3 rings (SSSR count). The van der Waals surface area contributed by atoms with Gasteiger partial charge in [0.2, 0.25) is 0 Å². The van der Waals surface area contributed by atoms with E-state index in [0.717, 1.165) is 75.3 Å². The van der Waals surface area contributed by atoms with Gasteiger partial charge in [-0.15, -0.1) is 5.10 Å². The summed E-state index contributed by atoms with van der Waals surface area (Å²) in [5.74, 6) is 2.87. The Morgan fingerprint density at radius 2 is 1.35 bits per heavy atom. The zero-order chi connectivity index (χ0) is 48.4. The summed E-state index contributed by atoms with van der Waals surface area (Å²) in [5.41, 5.74) is 2.76. The fourth-order valence-corrected chi connectivity index (χ4v) is 7.82. The van der Waals surface area contributed by atoms with Crippen LogP contribution >= 0.6 is 0 Å². The first-order valence-corrected chi connectivity index (χ1v) is 25.9. The number of aliphatic hydroxyl groups is 3. The molecule has 1 heterocycles. The summed E-state index contributed by atoms with van der Waals surface area (Å²) in [7, 11) is 0. The SMILES string of the molecule is C=C/C=C\CCC(C)C(O)CCC(C)CC[C@@H](O)C(C)/C=C\CCC(O)C/C=C/C=C\C(=O)O.CC.CC.CC.CCC.CCCCC1C2CCc3nnn(CCCC)c3CCC12. The Kier molecular flexibility index (Phi) is 45.4. The fourth-order valence-electron chi connectivity index (χ4n) is 7.82. The molecule has 0 aliphatic heterocycles. The lowest BCUT2D eigenvalue weighted by atomic mass is 9.89. The molecule has 0 spiro atoms. The molecular weight excluding hydrogens is 783 g/mol.